The minimum absolute atomic E-state index is 0.0151. The summed E-state index contributed by atoms with van der Waals surface area (Å²) in [4.78, 5) is 51.3. The first-order valence-corrected chi connectivity index (χ1v) is 46.4. The molecule has 1 amide bonds. The number of halogens is 6. The van der Waals surface area contributed by atoms with Gasteiger partial charge in [0.15, 0.2) is 33.9 Å². The van der Waals surface area contributed by atoms with Gasteiger partial charge >= 0.3 is 11.9 Å². The van der Waals surface area contributed by atoms with E-state index in [4.69, 9.17) is 138 Å². The zero-order valence-corrected chi connectivity index (χ0v) is 75.4. The molecule has 3 heterocycles. The first-order valence-electron chi connectivity index (χ1n) is 39.5. The maximum atomic E-state index is 13.3. The summed E-state index contributed by atoms with van der Waals surface area (Å²) in [6.07, 6.45) is -7.96. The van der Waals surface area contributed by atoms with Crippen molar-refractivity contribution < 1.29 is 118 Å². The Morgan fingerprint density at radius 3 is 1.09 bits per heavy atom. The van der Waals surface area contributed by atoms with E-state index in [1.165, 1.54) is 0 Å². The Kier molecular flexibility index (Phi) is 45.2. The minimum atomic E-state index is -3.82. The number of nitrogens with two attached hydrogens (primary N) is 1. The average Bonchev–Trinajstić information content (AvgIpc) is 0.781. The smallest absolute Gasteiger partial charge is 0.335 e. The molecule has 3 aliphatic rings. The van der Waals surface area contributed by atoms with E-state index in [-0.39, 0.29) is 157 Å². The lowest BCUT2D eigenvalue weighted by molar-refractivity contribution is -0.165. The fraction of sp³-hybridized carbons (Fsp3) is 0.512. The molecule has 0 aliphatic carbocycles. The number of amides is 1. The standard InChI is InChI=1S/C54H70Cl4N4O14S2.C24H33Cl2N3O5S.C4H6O6/c1-61-33-45(43-29-39(55)31-49(57)47(43)35-61)37-7-3-9-41(27-37)77(67,68)26-6-15-72-19-23-75-22-18-71-14-5-11-51(63)52(64)53(65)54(66)59-12-16-73-20-24-76-25-21-74-17-13-60-78(69,70)42-10-4-8-38(28-42)46-34-62(2)36-48-44(46)30-40(56)32-50(48)58;1-29-16-22(21-14-19(25)15-24(26)23(21)17-29)18-3-2-4-20(13-18)35(30,31)28-6-8-33-10-12-34-11-9-32-7-5-27;5-1(3(7)8)2(6)4(9)10/h3-4,7-10,27-32,45-46,52-53,60,64-65H,5-6,11-26,33-36H2,1-2H3,(H,59,66);2-4,13-15,22,28H,5-12,16-17,27H2,1H3;1-2,5-6H,(H,7,8)(H,9,10)/t45?,46?,52-,53+;;1-,2-/m1.0/s1. The van der Waals surface area contributed by atoms with Crippen LogP contribution in [0.3, 0.4) is 0 Å². The van der Waals surface area contributed by atoms with Gasteiger partial charge in [-0.15, -0.1) is 0 Å². The number of nitrogens with one attached hydrogen (secondary N) is 3. The molecule has 32 nitrogen and oxygen atoms in total. The molecule has 0 radical (unpaired) electrons. The van der Waals surface area contributed by atoms with Crippen LogP contribution in [0.1, 0.15) is 87.1 Å². The van der Waals surface area contributed by atoms with Crippen LogP contribution in [0.5, 0.6) is 0 Å². The van der Waals surface area contributed by atoms with Crippen LogP contribution >= 0.6 is 69.6 Å². The highest BCUT2D eigenvalue weighted by Crippen LogP contribution is 2.42. The van der Waals surface area contributed by atoms with Gasteiger partial charge in [-0.3, -0.25) is 9.59 Å². The van der Waals surface area contributed by atoms with Crippen molar-refractivity contribution >= 4 is 123 Å². The Morgan fingerprint density at radius 2 is 0.732 bits per heavy atom. The summed E-state index contributed by atoms with van der Waals surface area (Å²) in [6, 6.07) is 31.8. The van der Waals surface area contributed by atoms with Crippen LogP contribution in [0.4, 0.5) is 0 Å². The molecule has 123 heavy (non-hydrogen) atoms. The molecule has 6 aromatic carbocycles. The predicted molar refractivity (Wildman–Crippen MR) is 463 cm³/mol. The monoisotopic (exact) mass is 1900 g/mol. The molecule has 11 N–H and O–H groups in total. The number of sulfone groups is 1. The number of carboxylic acid groups (broad SMARTS) is 2. The number of benzene rings is 6. The number of rotatable bonds is 51. The van der Waals surface area contributed by atoms with E-state index in [9.17, 15) is 54.6 Å². The summed E-state index contributed by atoms with van der Waals surface area (Å²) in [5.74, 6) is -5.48. The van der Waals surface area contributed by atoms with E-state index >= 15 is 0 Å². The Balaban J connectivity index is 0.000000378. The molecular weight excluding hydrogens is 1790 g/mol. The van der Waals surface area contributed by atoms with Crippen LogP contribution in [-0.2, 0) is 111 Å². The molecule has 0 saturated carbocycles. The number of nitrogens with zero attached hydrogens (tertiary/aromatic N) is 3. The summed E-state index contributed by atoms with van der Waals surface area (Å²) in [5.41, 5.74) is 13.9. The number of Topliss-reactive ketones (excluding diaryl/α,β-unsaturated/α-hetero) is 1. The number of aliphatic hydroxyl groups is 4. The van der Waals surface area contributed by atoms with Gasteiger partial charge in [-0.2, -0.15) is 0 Å². The third-order valence-corrected chi connectivity index (χ3v) is 25.9. The fourth-order valence-electron chi connectivity index (χ4n) is 13.4. The van der Waals surface area contributed by atoms with E-state index in [2.05, 4.69) is 29.5 Å². The van der Waals surface area contributed by atoms with Crippen molar-refractivity contribution in [2.75, 3.05) is 192 Å². The fourth-order valence-corrected chi connectivity index (χ4v) is 18.6. The second-order valence-electron chi connectivity index (χ2n) is 28.9. The van der Waals surface area contributed by atoms with Gasteiger partial charge in [-0.1, -0.05) is 106 Å². The number of aliphatic carboxylic acids is 2. The molecule has 3 aliphatic heterocycles. The van der Waals surface area contributed by atoms with Gasteiger partial charge < -0.3 is 99.0 Å². The highest BCUT2D eigenvalue weighted by Gasteiger charge is 2.34. The largest absolute Gasteiger partial charge is 0.479 e. The van der Waals surface area contributed by atoms with Crippen LogP contribution in [0.2, 0.25) is 30.1 Å². The van der Waals surface area contributed by atoms with Gasteiger partial charge in [0.2, 0.25) is 20.0 Å². The van der Waals surface area contributed by atoms with Crippen molar-refractivity contribution in [1.29, 1.82) is 0 Å². The van der Waals surface area contributed by atoms with E-state index in [0.29, 0.717) is 109 Å². The number of likely N-dealkylation sites (N-methyl/N-ethyl adjacent to an activating group) is 3. The van der Waals surface area contributed by atoms with E-state index in [0.717, 1.165) is 56.6 Å². The Morgan fingerprint density at radius 1 is 0.415 bits per heavy atom. The Hall–Kier alpha value is -5.77. The molecule has 0 fully saturated rings. The van der Waals surface area contributed by atoms with Crippen molar-refractivity contribution in [1.82, 2.24) is 29.5 Å². The molecule has 682 valence electrons. The zero-order valence-electron chi connectivity index (χ0n) is 68.4. The quantitative estimate of drug-likeness (QED) is 0.0179. The van der Waals surface area contributed by atoms with Gasteiger partial charge in [0.05, 0.1) is 126 Å². The predicted octanol–water partition coefficient (Wildman–Crippen LogP) is 6.62. The third kappa shape index (κ3) is 34.3. The first-order chi connectivity index (χ1) is 58.6. The summed E-state index contributed by atoms with van der Waals surface area (Å²) in [6.45, 7) is 9.89. The van der Waals surface area contributed by atoms with Crippen molar-refractivity contribution in [3.05, 3.63) is 189 Å². The zero-order chi connectivity index (χ0) is 89.8. The molecule has 6 aromatic rings. The summed E-state index contributed by atoms with van der Waals surface area (Å²) in [5, 5.41) is 58.8. The number of fused-ring (bicyclic) bond motifs is 3. The maximum Gasteiger partial charge on any atom is 0.335 e. The molecular formula is C82H109Cl6N7O25S3. The number of ether oxygens (including phenoxy) is 9. The lowest BCUT2D eigenvalue weighted by Gasteiger charge is -2.33. The topological polar surface area (TPSA) is 447 Å². The van der Waals surface area contributed by atoms with Crippen LogP contribution in [-0.4, -0.2) is 310 Å². The summed E-state index contributed by atoms with van der Waals surface area (Å²) < 4.78 is 133. The molecule has 0 saturated heterocycles. The number of carbonyl (C=O) groups excluding carboxylic acids is 2. The van der Waals surface area contributed by atoms with Gasteiger partial charge in [-0.25, -0.2) is 44.3 Å². The number of carbonyl (C=O) groups is 4. The third-order valence-electron chi connectivity index (χ3n) is 19.5. The van der Waals surface area contributed by atoms with E-state index in [1.54, 1.807) is 72.8 Å². The van der Waals surface area contributed by atoms with Gasteiger partial charge in [0.25, 0.3) is 5.91 Å². The normalized spacial score (nSPS) is 16.7. The molecule has 3 unspecified atom stereocenters. The van der Waals surface area contributed by atoms with E-state index in [1.807, 2.05) is 57.5 Å². The number of hydrogen-bond acceptors (Lipinski definition) is 27. The Bertz CT molecular complexity index is 4540. The van der Waals surface area contributed by atoms with Gasteiger partial charge in [0.1, 0.15) is 6.10 Å². The molecule has 0 aromatic heterocycles. The average molecular weight is 1900 g/mol. The van der Waals surface area contributed by atoms with Crippen molar-refractivity contribution in [2.45, 2.75) is 95.8 Å². The summed E-state index contributed by atoms with van der Waals surface area (Å²) in [7, 11) is -5.07. The van der Waals surface area contributed by atoms with Crippen molar-refractivity contribution in [2.24, 2.45) is 5.73 Å². The second kappa shape index (κ2) is 53.3. The minimum Gasteiger partial charge on any atom is -0.479 e. The second-order valence-corrected chi connectivity index (χ2v) is 37.1. The van der Waals surface area contributed by atoms with Gasteiger partial charge in [-0.05, 0) is 157 Å². The molecule has 7 atom stereocenters. The lowest BCUT2D eigenvalue weighted by atomic mass is 9.85. The lowest BCUT2D eigenvalue weighted by Crippen LogP contribution is -2.46. The molecule has 0 bridgehead atoms. The molecule has 41 heteroatoms. The number of sulfonamides is 2. The van der Waals surface area contributed by atoms with E-state index < -0.39 is 77.9 Å². The van der Waals surface area contributed by atoms with Crippen LogP contribution < -0.4 is 20.5 Å². The van der Waals surface area contributed by atoms with Gasteiger partial charge in [0, 0.05) is 133 Å². The van der Waals surface area contributed by atoms with Crippen molar-refractivity contribution in [3.63, 3.8) is 0 Å². The number of ketones is 1. The highest BCUT2D eigenvalue weighted by molar-refractivity contribution is 7.91. The number of aliphatic hydroxyl groups excluding tert-OH is 4. The molecule has 0 spiro atoms. The van der Waals surface area contributed by atoms with Crippen LogP contribution in [0, 0.1) is 0 Å². The summed E-state index contributed by atoms with van der Waals surface area (Å²) >= 11 is 38.4. The molecule has 9 rings (SSSR count). The van der Waals surface area contributed by atoms with Crippen molar-refractivity contribution in [3.8, 4) is 0 Å². The van der Waals surface area contributed by atoms with Crippen LogP contribution in [0.25, 0.3) is 0 Å². The Labute approximate surface area is 747 Å². The SMILES string of the molecule is CN1Cc2c(Cl)cc(Cl)cc2C(c2cccc(S(=O)(=O)CCCOCCOCCOCCCC(=O)[C@@H](O)[C@H](O)C(=O)NCCOCCOCCOCCNS(=O)(=O)c3cccc(C4CN(C)Cc5c(Cl)cc(Cl)cc54)c3)c2)C1.CN1Cc2c(Cl)cc(Cl)cc2C(c2cccc(S(=O)(=O)NCCOCCOCCOCCN)c2)C1.O=C(O)[C@@H](O)[C@H](O)C(=O)O. The highest BCUT2D eigenvalue weighted by atomic mass is 35.5. The van der Waals surface area contributed by atoms with Crippen LogP contribution in [0.15, 0.2) is 124 Å². The number of carboxylic acids is 2. The maximum absolute atomic E-state index is 13.3. The first kappa shape index (κ1) is 104. The number of hydrogen-bond donors (Lipinski definition) is 10.